The van der Waals surface area contributed by atoms with Crippen LogP contribution in [0.3, 0.4) is 0 Å². The number of benzene rings is 2. The summed E-state index contributed by atoms with van der Waals surface area (Å²) in [6.45, 7) is 3.28. The Morgan fingerprint density at radius 2 is 1.90 bits per heavy atom. The van der Waals surface area contributed by atoms with Crippen molar-refractivity contribution in [3.63, 3.8) is 0 Å². The standard InChI is InChI=1S/C22H25N5O3/c1-16-17(13-27-14-19(25-15-27)21(28)23-2)7-6-10-20(16)30-12-11-24-22(29)26-18-8-4-3-5-9-18/h3-10,14-15H,11-13H2,1-2H3,(H,23,28)(H2,24,26,29). The molecule has 0 radical (unpaired) electrons. The third-order valence-electron chi connectivity index (χ3n) is 4.52. The van der Waals surface area contributed by atoms with Crippen molar-refractivity contribution >= 4 is 17.6 Å². The summed E-state index contributed by atoms with van der Waals surface area (Å²) in [7, 11) is 1.58. The molecular weight excluding hydrogens is 382 g/mol. The van der Waals surface area contributed by atoms with Crippen molar-refractivity contribution in [2.75, 3.05) is 25.5 Å². The van der Waals surface area contributed by atoms with Crippen LogP contribution in [0.25, 0.3) is 0 Å². The van der Waals surface area contributed by atoms with Gasteiger partial charge in [0.2, 0.25) is 0 Å². The Morgan fingerprint density at radius 1 is 1.10 bits per heavy atom. The van der Waals surface area contributed by atoms with Crippen molar-refractivity contribution in [1.29, 1.82) is 0 Å². The summed E-state index contributed by atoms with van der Waals surface area (Å²) >= 11 is 0. The molecule has 0 aliphatic carbocycles. The summed E-state index contributed by atoms with van der Waals surface area (Å²) in [6.07, 6.45) is 3.34. The summed E-state index contributed by atoms with van der Waals surface area (Å²) < 4.78 is 7.70. The molecular formula is C22H25N5O3. The number of amides is 3. The van der Waals surface area contributed by atoms with E-state index in [4.69, 9.17) is 4.74 Å². The first-order valence-corrected chi connectivity index (χ1v) is 9.62. The second kappa shape index (κ2) is 10.1. The number of nitrogens with one attached hydrogen (secondary N) is 3. The number of aromatic nitrogens is 2. The highest BCUT2D eigenvalue weighted by molar-refractivity contribution is 5.91. The average molecular weight is 407 g/mol. The smallest absolute Gasteiger partial charge is 0.319 e. The number of carbonyl (C=O) groups excluding carboxylic acids is 2. The summed E-state index contributed by atoms with van der Waals surface area (Å²) in [5.41, 5.74) is 3.17. The average Bonchev–Trinajstić information content (AvgIpc) is 3.22. The number of hydrogen-bond acceptors (Lipinski definition) is 4. The number of anilines is 1. The van der Waals surface area contributed by atoms with Crippen molar-refractivity contribution in [2.45, 2.75) is 13.5 Å². The number of para-hydroxylation sites is 1. The minimum atomic E-state index is -0.276. The molecule has 0 bridgehead atoms. The number of hydrogen-bond donors (Lipinski definition) is 3. The van der Waals surface area contributed by atoms with E-state index in [1.807, 2.05) is 60.0 Å². The number of urea groups is 1. The van der Waals surface area contributed by atoms with Gasteiger partial charge in [0.25, 0.3) is 5.91 Å². The van der Waals surface area contributed by atoms with Crippen LogP contribution in [-0.2, 0) is 6.54 Å². The molecule has 3 aromatic rings. The van der Waals surface area contributed by atoms with E-state index in [0.717, 1.165) is 22.6 Å². The second-order valence-electron chi connectivity index (χ2n) is 6.65. The maximum absolute atomic E-state index is 11.9. The van der Waals surface area contributed by atoms with E-state index >= 15 is 0 Å². The van der Waals surface area contributed by atoms with Crippen molar-refractivity contribution in [2.24, 2.45) is 0 Å². The van der Waals surface area contributed by atoms with E-state index < -0.39 is 0 Å². The predicted molar refractivity (Wildman–Crippen MR) is 115 cm³/mol. The highest BCUT2D eigenvalue weighted by Crippen LogP contribution is 2.22. The van der Waals surface area contributed by atoms with E-state index in [9.17, 15) is 9.59 Å². The highest BCUT2D eigenvalue weighted by Gasteiger charge is 2.10. The van der Waals surface area contributed by atoms with Crippen LogP contribution in [0.5, 0.6) is 5.75 Å². The zero-order chi connectivity index (χ0) is 21.3. The lowest BCUT2D eigenvalue weighted by molar-refractivity contribution is 0.0958. The molecule has 0 fully saturated rings. The fourth-order valence-electron chi connectivity index (χ4n) is 2.90. The fraction of sp³-hybridized carbons (Fsp3) is 0.227. The molecule has 2 aromatic carbocycles. The number of nitrogens with zero attached hydrogens (tertiary/aromatic N) is 2. The number of rotatable bonds is 8. The van der Waals surface area contributed by atoms with Gasteiger partial charge in [-0.25, -0.2) is 9.78 Å². The lowest BCUT2D eigenvalue weighted by Gasteiger charge is -2.14. The molecule has 0 saturated heterocycles. The molecule has 0 atom stereocenters. The Bertz CT molecular complexity index is 1000. The Hall–Kier alpha value is -3.81. The summed E-state index contributed by atoms with van der Waals surface area (Å²) in [5.74, 6) is 0.538. The summed E-state index contributed by atoms with van der Waals surface area (Å²) in [6, 6.07) is 14.8. The second-order valence-corrected chi connectivity index (χ2v) is 6.65. The SMILES string of the molecule is CNC(=O)c1cn(Cc2cccc(OCCNC(=O)Nc3ccccc3)c2C)cn1. The summed E-state index contributed by atoms with van der Waals surface area (Å²) in [4.78, 5) is 27.7. The van der Waals surface area contributed by atoms with Crippen LogP contribution < -0.4 is 20.7 Å². The molecule has 3 amide bonds. The van der Waals surface area contributed by atoms with E-state index in [-0.39, 0.29) is 11.9 Å². The predicted octanol–water partition coefficient (Wildman–Crippen LogP) is 2.80. The van der Waals surface area contributed by atoms with E-state index in [1.54, 1.807) is 19.6 Å². The normalized spacial score (nSPS) is 10.3. The molecule has 1 aromatic heterocycles. The largest absolute Gasteiger partial charge is 0.491 e. The third-order valence-corrected chi connectivity index (χ3v) is 4.52. The lowest BCUT2D eigenvalue weighted by atomic mass is 10.1. The Kier molecular flexibility index (Phi) is 7.05. The van der Waals surface area contributed by atoms with E-state index in [2.05, 4.69) is 20.9 Å². The van der Waals surface area contributed by atoms with Gasteiger partial charge in [-0.1, -0.05) is 30.3 Å². The van der Waals surface area contributed by atoms with Gasteiger partial charge in [0.1, 0.15) is 18.1 Å². The molecule has 8 nitrogen and oxygen atoms in total. The van der Waals surface area contributed by atoms with Gasteiger partial charge in [-0.15, -0.1) is 0 Å². The number of imidazole rings is 1. The Labute approximate surface area is 175 Å². The molecule has 0 aliphatic rings. The van der Waals surface area contributed by atoms with Gasteiger partial charge in [0.05, 0.1) is 12.9 Å². The molecule has 0 aliphatic heterocycles. The van der Waals surface area contributed by atoms with Gasteiger partial charge in [0.15, 0.2) is 0 Å². The van der Waals surface area contributed by atoms with E-state index in [1.165, 1.54) is 0 Å². The molecule has 1 heterocycles. The number of carbonyl (C=O) groups is 2. The minimum absolute atomic E-state index is 0.216. The maximum atomic E-state index is 11.9. The van der Waals surface area contributed by atoms with Crippen LogP contribution in [-0.4, -0.2) is 41.7 Å². The van der Waals surface area contributed by atoms with Crippen molar-refractivity contribution in [3.8, 4) is 5.75 Å². The Morgan fingerprint density at radius 3 is 2.67 bits per heavy atom. The molecule has 3 rings (SSSR count). The zero-order valence-electron chi connectivity index (χ0n) is 17.0. The first kappa shape index (κ1) is 20.9. The van der Waals surface area contributed by atoms with Crippen LogP contribution in [0.2, 0.25) is 0 Å². The quantitative estimate of drug-likeness (QED) is 0.500. The van der Waals surface area contributed by atoms with Gasteiger partial charge in [0, 0.05) is 25.5 Å². The van der Waals surface area contributed by atoms with Crippen LogP contribution >= 0.6 is 0 Å². The molecule has 30 heavy (non-hydrogen) atoms. The lowest BCUT2D eigenvalue weighted by Crippen LogP contribution is -2.32. The Balaban J connectivity index is 1.50. The summed E-state index contributed by atoms with van der Waals surface area (Å²) in [5, 5.41) is 8.09. The van der Waals surface area contributed by atoms with Crippen LogP contribution in [0.15, 0.2) is 61.1 Å². The third kappa shape index (κ3) is 5.60. The van der Waals surface area contributed by atoms with Crippen LogP contribution in [0, 0.1) is 6.92 Å². The molecule has 0 unspecified atom stereocenters. The van der Waals surface area contributed by atoms with Crippen LogP contribution in [0.1, 0.15) is 21.6 Å². The molecule has 156 valence electrons. The van der Waals surface area contributed by atoms with Crippen LogP contribution in [0.4, 0.5) is 10.5 Å². The maximum Gasteiger partial charge on any atom is 0.319 e. The monoisotopic (exact) mass is 407 g/mol. The van der Waals surface area contributed by atoms with Gasteiger partial charge in [-0.2, -0.15) is 0 Å². The minimum Gasteiger partial charge on any atom is -0.491 e. The topological polar surface area (TPSA) is 97.3 Å². The fourth-order valence-corrected chi connectivity index (χ4v) is 2.90. The first-order valence-electron chi connectivity index (χ1n) is 9.62. The van der Waals surface area contributed by atoms with E-state index in [0.29, 0.717) is 25.4 Å². The van der Waals surface area contributed by atoms with Gasteiger partial charge in [-0.05, 0) is 36.2 Å². The van der Waals surface area contributed by atoms with Gasteiger partial charge in [-0.3, -0.25) is 4.79 Å². The molecule has 0 saturated carbocycles. The van der Waals surface area contributed by atoms with Gasteiger partial charge < -0.3 is 25.3 Å². The van der Waals surface area contributed by atoms with Crippen molar-refractivity contribution < 1.29 is 14.3 Å². The zero-order valence-corrected chi connectivity index (χ0v) is 17.0. The molecule has 0 spiro atoms. The molecule has 3 N–H and O–H groups in total. The highest BCUT2D eigenvalue weighted by atomic mass is 16.5. The van der Waals surface area contributed by atoms with Gasteiger partial charge >= 0.3 is 6.03 Å². The molecule has 8 heteroatoms. The van der Waals surface area contributed by atoms with Crippen molar-refractivity contribution in [3.05, 3.63) is 77.9 Å². The number of ether oxygens (including phenoxy) is 1. The van der Waals surface area contributed by atoms with Crippen molar-refractivity contribution in [1.82, 2.24) is 20.2 Å². The first-order chi connectivity index (χ1) is 14.6.